The number of alkyl halides is 1. The number of ether oxygens (including phenoxy) is 1. The first-order valence-electron chi connectivity index (χ1n) is 21.8. The number of nitrogens with zero attached hydrogens (tertiary/aromatic N) is 3. The molecular weight excluding hydrogens is 726 g/mol. The van der Waals surface area contributed by atoms with Crippen molar-refractivity contribution in [2.75, 3.05) is 53.3 Å². The number of allylic oxidation sites excluding steroid dienone is 1. The fourth-order valence-corrected chi connectivity index (χ4v) is 11.8. The van der Waals surface area contributed by atoms with Crippen LogP contribution in [0.5, 0.6) is 5.75 Å². The molecule has 3 aromatic rings. The minimum absolute atomic E-state index is 0.181. The van der Waals surface area contributed by atoms with Gasteiger partial charge in [0.05, 0.1) is 0 Å². The normalized spacial score (nSPS) is 28.3. The fourth-order valence-electron chi connectivity index (χ4n) is 11.6. The van der Waals surface area contributed by atoms with Crippen LogP contribution in [0.25, 0.3) is 11.1 Å². The Bertz CT molecular complexity index is 1810. The van der Waals surface area contributed by atoms with Crippen LogP contribution in [0.2, 0.25) is 0 Å². The number of amides is 2. The number of carbonyl (C=O) groups is 2. The highest BCUT2D eigenvalue weighted by molar-refractivity contribution is 6.18. The van der Waals surface area contributed by atoms with Gasteiger partial charge in [-0.15, -0.1) is 11.6 Å². The van der Waals surface area contributed by atoms with Crippen LogP contribution in [0.3, 0.4) is 0 Å². The third kappa shape index (κ3) is 9.03. The van der Waals surface area contributed by atoms with Crippen LogP contribution >= 0.6 is 11.6 Å². The van der Waals surface area contributed by atoms with Crippen molar-refractivity contribution in [3.63, 3.8) is 0 Å². The number of hydrogen-bond acceptors (Lipinski definition) is 4. The monoisotopic (exact) mass is 793 g/mol. The summed E-state index contributed by atoms with van der Waals surface area (Å²) in [5, 5.41) is 0. The van der Waals surface area contributed by atoms with E-state index < -0.39 is 0 Å². The Balaban J connectivity index is 0.000000193. The van der Waals surface area contributed by atoms with E-state index in [2.05, 4.69) is 115 Å². The first-order chi connectivity index (χ1) is 27.5. The SMILES string of the molecule is CCN(CC)C(=O)[C@H]1CC[C@H]2[C@@H]3CC[C@H]4N(C)C(=O)CC[C@]4(C)[C@H]3CC[C@]12C.CN(C)CCOc1ccc(/C(=C(/CCCl)c2ccccc2)c2ccccc2)cc1. The van der Waals surface area contributed by atoms with Gasteiger partial charge in [-0.3, -0.25) is 9.59 Å². The molecule has 0 aromatic heterocycles. The van der Waals surface area contributed by atoms with Gasteiger partial charge >= 0.3 is 0 Å². The van der Waals surface area contributed by atoms with E-state index in [1.54, 1.807) is 0 Å². The van der Waals surface area contributed by atoms with Crippen molar-refractivity contribution in [2.24, 2.45) is 34.5 Å². The predicted octanol–water partition coefficient (Wildman–Crippen LogP) is 10.5. The number of carbonyl (C=O) groups excluding carboxylic acids is 2. The van der Waals surface area contributed by atoms with Gasteiger partial charge in [0.15, 0.2) is 0 Å². The van der Waals surface area contributed by atoms with E-state index in [4.69, 9.17) is 16.3 Å². The van der Waals surface area contributed by atoms with Gasteiger partial charge in [0.25, 0.3) is 0 Å². The minimum atomic E-state index is 0.181. The van der Waals surface area contributed by atoms with Crippen molar-refractivity contribution in [2.45, 2.75) is 91.5 Å². The molecule has 1 heterocycles. The minimum Gasteiger partial charge on any atom is -0.492 e. The lowest BCUT2D eigenvalue weighted by Crippen LogP contribution is -2.61. The molecule has 0 N–H and O–H groups in total. The summed E-state index contributed by atoms with van der Waals surface area (Å²) in [6.07, 6.45) is 9.73. The summed E-state index contributed by atoms with van der Waals surface area (Å²) >= 11 is 6.21. The van der Waals surface area contributed by atoms with E-state index in [1.165, 1.54) is 53.5 Å². The average molecular weight is 795 g/mol. The van der Waals surface area contributed by atoms with Gasteiger partial charge in [0, 0.05) is 50.9 Å². The van der Waals surface area contributed by atoms with Gasteiger partial charge in [-0.05, 0) is 148 Å². The van der Waals surface area contributed by atoms with Crippen LogP contribution in [-0.2, 0) is 9.59 Å². The number of benzene rings is 3. The van der Waals surface area contributed by atoms with Crippen LogP contribution in [-0.4, -0.2) is 85.8 Å². The highest BCUT2D eigenvalue weighted by Gasteiger charge is 2.62. The Morgan fingerprint density at radius 2 is 1.40 bits per heavy atom. The number of piperidine rings is 1. The molecule has 1 saturated heterocycles. The van der Waals surface area contributed by atoms with E-state index in [9.17, 15) is 9.59 Å². The standard InChI is InChI=1S/C26H28ClNO.C24H40N2O2/c1-28(2)19-20-29-24-15-13-23(14-16-24)26(22-11-7-4-8-12-22)25(17-18-27)21-9-5-3-6-10-21;1-6-26(7-2)22(28)19-10-9-17-16-8-11-20-24(4,15-13-21(27)25(20)5)18(16)12-14-23(17,19)3/h3-16H,17-20H2,1-2H3;16-20H,6-15H2,1-5H3/b26-25-;/t;16-,17-,18-,19+,20+,23-,24+/m.0/s1. The summed E-state index contributed by atoms with van der Waals surface area (Å²) in [6, 6.07) is 29.9. The molecule has 0 unspecified atom stereocenters. The van der Waals surface area contributed by atoms with Crippen molar-refractivity contribution in [3.05, 3.63) is 102 Å². The molecule has 6 nitrogen and oxygen atoms in total. The van der Waals surface area contributed by atoms with Gasteiger partial charge < -0.3 is 19.4 Å². The smallest absolute Gasteiger partial charge is 0.226 e. The fraction of sp³-hybridized carbons (Fsp3) is 0.560. The van der Waals surface area contributed by atoms with Crippen molar-refractivity contribution in [3.8, 4) is 5.75 Å². The quantitative estimate of drug-likeness (QED) is 0.135. The molecule has 7 atom stereocenters. The van der Waals surface area contributed by atoms with Crippen LogP contribution < -0.4 is 4.74 Å². The highest BCUT2D eigenvalue weighted by Crippen LogP contribution is 2.66. The largest absolute Gasteiger partial charge is 0.492 e. The zero-order valence-electron chi connectivity index (χ0n) is 35.8. The zero-order valence-corrected chi connectivity index (χ0v) is 36.6. The summed E-state index contributed by atoms with van der Waals surface area (Å²) in [6.45, 7) is 12.4. The molecule has 0 radical (unpaired) electrons. The zero-order chi connectivity index (χ0) is 40.7. The molecular formula is C50H68ClN3O3. The van der Waals surface area contributed by atoms with Crippen LogP contribution in [0, 0.1) is 34.5 Å². The van der Waals surface area contributed by atoms with Crippen molar-refractivity contribution in [1.82, 2.24) is 14.7 Å². The number of hydrogen-bond donors (Lipinski definition) is 0. The van der Waals surface area contributed by atoms with Gasteiger partial charge in [-0.25, -0.2) is 0 Å². The van der Waals surface area contributed by atoms with E-state index in [1.807, 2.05) is 33.3 Å². The van der Waals surface area contributed by atoms with Crippen molar-refractivity contribution >= 4 is 34.6 Å². The first kappa shape index (κ1) is 43.0. The lowest BCUT2D eigenvalue weighted by Gasteiger charge is -2.61. The molecule has 3 saturated carbocycles. The number of halogens is 1. The lowest BCUT2D eigenvalue weighted by atomic mass is 9.47. The maximum Gasteiger partial charge on any atom is 0.226 e. The second-order valence-electron chi connectivity index (χ2n) is 17.9. The molecule has 1 aliphatic heterocycles. The van der Waals surface area contributed by atoms with E-state index in [0.29, 0.717) is 36.3 Å². The maximum absolute atomic E-state index is 13.3. The Labute approximate surface area is 349 Å². The Morgan fingerprint density at radius 1 is 0.789 bits per heavy atom. The van der Waals surface area contributed by atoms with Crippen LogP contribution in [0.1, 0.15) is 102 Å². The molecule has 0 bridgehead atoms. The summed E-state index contributed by atoms with van der Waals surface area (Å²) in [4.78, 5) is 31.8. The van der Waals surface area contributed by atoms with E-state index in [-0.39, 0.29) is 16.7 Å². The van der Waals surface area contributed by atoms with Gasteiger partial charge in [-0.1, -0.05) is 86.6 Å². The highest BCUT2D eigenvalue weighted by atomic mass is 35.5. The summed E-state index contributed by atoms with van der Waals surface area (Å²) < 4.78 is 5.87. The molecule has 57 heavy (non-hydrogen) atoms. The second kappa shape index (κ2) is 19.0. The number of likely N-dealkylation sites (N-methyl/N-ethyl adjacent to an activating group) is 1. The summed E-state index contributed by atoms with van der Waals surface area (Å²) in [5.74, 6) is 4.60. The lowest BCUT2D eigenvalue weighted by molar-refractivity contribution is -0.161. The molecule has 7 heteroatoms. The first-order valence-corrected chi connectivity index (χ1v) is 22.3. The van der Waals surface area contributed by atoms with Crippen LogP contribution in [0.15, 0.2) is 84.9 Å². The van der Waals surface area contributed by atoms with E-state index >= 15 is 0 Å². The number of likely N-dealkylation sites (tertiary alicyclic amines) is 1. The van der Waals surface area contributed by atoms with Crippen molar-refractivity contribution < 1.29 is 14.3 Å². The molecule has 308 valence electrons. The molecule has 4 aliphatic rings. The second-order valence-corrected chi connectivity index (χ2v) is 18.2. The Kier molecular flexibility index (Phi) is 14.3. The molecule has 0 spiro atoms. The molecule has 4 fully saturated rings. The van der Waals surface area contributed by atoms with Gasteiger partial charge in [0.1, 0.15) is 12.4 Å². The van der Waals surface area contributed by atoms with Crippen molar-refractivity contribution in [1.29, 1.82) is 0 Å². The topological polar surface area (TPSA) is 53.1 Å². The molecule has 3 aromatic carbocycles. The number of rotatable bonds is 12. The Morgan fingerprint density at radius 3 is 2.02 bits per heavy atom. The van der Waals surface area contributed by atoms with Crippen LogP contribution in [0.4, 0.5) is 0 Å². The number of fused-ring (bicyclic) bond motifs is 5. The van der Waals surface area contributed by atoms with E-state index in [0.717, 1.165) is 69.3 Å². The third-order valence-corrected chi connectivity index (χ3v) is 14.9. The Hall–Kier alpha value is -3.61. The molecule has 3 aliphatic carbocycles. The summed E-state index contributed by atoms with van der Waals surface area (Å²) in [5.41, 5.74) is 6.50. The summed E-state index contributed by atoms with van der Waals surface area (Å²) in [7, 11) is 6.13. The third-order valence-electron chi connectivity index (χ3n) is 14.7. The predicted molar refractivity (Wildman–Crippen MR) is 236 cm³/mol. The van der Waals surface area contributed by atoms with Gasteiger partial charge in [-0.2, -0.15) is 0 Å². The molecule has 2 amide bonds. The van der Waals surface area contributed by atoms with Gasteiger partial charge in [0.2, 0.25) is 11.8 Å². The average Bonchev–Trinajstić information content (AvgIpc) is 3.58. The maximum atomic E-state index is 13.3. The molecule has 7 rings (SSSR count).